The van der Waals surface area contributed by atoms with Crippen LogP contribution in [0.5, 0.6) is 0 Å². The molecule has 5 nitrogen and oxygen atoms in total. The van der Waals surface area contributed by atoms with E-state index < -0.39 is 0 Å². The number of rotatable bonds is 5. The molecule has 0 unspecified atom stereocenters. The summed E-state index contributed by atoms with van der Waals surface area (Å²) in [5.74, 6) is 2.56. The second-order valence-electron chi connectivity index (χ2n) is 8.45. The molecule has 3 atom stereocenters. The first-order chi connectivity index (χ1) is 10.7. The van der Waals surface area contributed by atoms with Crippen LogP contribution in [-0.4, -0.2) is 16.0 Å². The Balaban J connectivity index is 1.97. The third-order valence-corrected chi connectivity index (χ3v) is 4.74. The molecule has 130 valence electrons. The number of aryl methyl sites for hydroxylation is 1. The third-order valence-electron chi connectivity index (χ3n) is 4.74. The highest BCUT2D eigenvalue weighted by Gasteiger charge is 2.33. The maximum atomic E-state index is 12.5. The van der Waals surface area contributed by atoms with Gasteiger partial charge in [-0.05, 0) is 49.4 Å². The lowest BCUT2D eigenvalue weighted by Crippen LogP contribution is -2.35. The van der Waals surface area contributed by atoms with Crippen molar-refractivity contribution in [1.82, 2.24) is 15.5 Å². The van der Waals surface area contributed by atoms with Crippen LogP contribution in [0.15, 0.2) is 4.52 Å². The van der Waals surface area contributed by atoms with Gasteiger partial charge in [-0.25, -0.2) is 0 Å². The quantitative estimate of drug-likeness (QED) is 0.888. The summed E-state index contributed by atoms with van der Waals surface area (Å²) in [6, 6.07) is -0.210. The average Bonchev–Trinajstić information content (AvgIpc) is 2.79. The highest BCUT2D eigenvalue weighted by molar-refractivity contribution is 5.76. The van der Waals surface area contributed by atoms with E-state index in [1.54, 1.807) is 6.92 Å². The van der Waals surface area contributed by atoms with E-state index in [9.17, 15) is 4.79 Å². The zero-order chi connectivity index (χ0) is 17.2. The molecule has 0 bridgehead atoms. The summed E-state index contributed by atoms with van der Waals surface area (Å²) in [4.78, 5) is 16.8. The van der Waals surface area contributed by atoms with E-state index in [-0.39, 0.29) is 17.9 Å². The summed E-state index contributed by atoms with van der Waals surface area (Å²) >= 11 is 0. The van der Waals surface area contributed by atoms with E-state index in [2.05, 4.69) is 50.1 Å². The zero-order valence-electron chi connectivity index (χ0n) is 15.3. The number of carbonyl (C=O) groups excluding carboxylic acids is 1. The number of hydrogen-bond donors (Lipinski definition) is 1. The van der Waals surface area contributed by atoms with Crippen LogP contribution in [-0.2, 0) is 4.79 Å². The first kappa shape index (κ1) is 18.0. The van der Waals surface area contributed by atoms with Crippen LogP contribution in [0.2, 0.25) is 0 Å². The van der Waals surface area contributed by atoms with Gasteiger partial charge in [0.25, 0.3) is 0 Å². The summed E-state index contributed by atoms with van der Waals surface area (Å²) < 4.78 is 5.25. The Morgan fingerprint density at radius 3 is 2.61 bits per heavy atom. The van der Waals surface area contributed by atoms with Gasteiger partial charge in [-0.1, -0.05) is 39.8 Å². The molecule has 1 aromatic heterocycles. The fourth-order valence-corrected chi connectivity index (χ4v) is 4.15. The number of nitrogens with zero attached hydrogens (tertiary/aromatic N) is 2. The van der Waals surface area contributed by atoms with Gasteiger partial charge < -0.3 is 9.84 Å². The van der Waals surface area contributed by atoms with E-state index in [1.165, 1.54) is 6.42 Å². The third kappa shape index (κ3) is 5.05. The number of aromatic nitrogens is 2. The van der Waals surface area contributed by atoms with E-state index in [1.807, 2.05) is 0 Å². The van der Waals surface area contributed by atoms with Crippen molar-refractivity contribution in [3.8, 4) is 0 Å². The van der Waals surface area contributed by atoms with E-state index in [0.29, 0.717) is 35.4 Å². The maximum Gasteiger partial charge on any atom is 0.249 e. The molecule has 5 heteroatoms. The van der Waals surface area contributed by atoms with Gasteiger partial charge in [-0.3, -0.25) is 4.79 Å². The Kier molecular flexibility index (Phi) is 5.48. The van der Waals surface area contributed by atoms with Gasteiger partial charge in [0, 0.05) is 6.42 Å². The smallest absolute Gasteiger partial charge is 0.249 e. The maximum absolute atomic E-state index is 12.5. The van der Waals surface area contributed by atoms with Crippen LogP contribution >= 0.6 is 0 Å². The van der Waals surface area contributed by atoms with E-state index in [0.717, 1.165) is 12.8 Å². The van der Waals surface area contributed by atoms with Gasteiger partial charge in [0.05, 0.1) is 0 Å². The molecular weight excluding hydrogens is 290 g/mol. The van der Waals surface area contributed by atoms with Crippen molar-refractivity contribution in [3.05, 3.63) is 11.7 Å². The minimum Gasteiger partial charge on any atom is -0.344 e. The molecule has 1 heterocycles. The Labute approximate surface area is 139 Å². The van der Waals surface area contributed by atoms with E-state index >= 15 is 0 Å². The van der Waals surface area contributed by atoms with E-state index in [4.69, 9.17) is 4.52 Å². The highest BCUT2D eigenvalue weighted by atomic mass is 16.5. The molecule has 2 rings (SSSR count). The van der Waals surface area contributed by atoms with Crippen molar-refractivity contribution >= 4 is 5.91 Å². The minimum absolute atomic E-state index is 0.0921. The van der Waals surface area contributed by atoms with Crippen LogP contribution in [0, 0.1) is 30.1 Å². The lowest BCUT2D eigenvalue weighted by atomic mass is 9.67. The summed E-state index contributed by atoms with van der Waals surface area (Å²) in [6.07, 6.45) is 4.10. The van der Waals surface area contributed by atoms with Crippen molar-refractivity contribution in [2.24, 2.45) is 23.2 Å². The van der Waals surface area contributed by atoms with Crippen molar-refractivity contribution in [2.75, 3.05) is 0 Å². The van der Waals surface area contributed by atoms with Crippen molar-refractivity contribution in [3.63, 3.8) is 0 Å². The van der Waals surface area contributed by atoms with Gasteiger partial charge >= 0.3 is 0 Å². The normalized spacial score (nSPS) is 25.3. The highest BCUT2D eigenvalue weighted by Crippen LogP contribution is 2.42. The van der Waals surface area contributed by atoms with Crippen LogP contribution in [0.4, 0.5) is 0 Å². The van der Waals surface area contributed by atoms with Crippen molar-refractivity contribution < 1.29 is 9.32 Å². The first-order valence-electron chi connectivity index (χ1n) is 8.76. The molecule has 0 aliphatic heterocycles. The van der Waals surface area contributed by atoms with Gasteiger partial charge in [0.1, 0.15) is 6.04 Å². The van der Waals surface area contributed by atoms with Crippen molar-refractivity contribution in [1.29, 1.82) is 0 Å². The fraction of sp³-hybridized carbons (Fsp3) is 0.833. The van der Waals surface area contributed by atoms with Gasteiger partial charge in [-0.2, -0.15) is 4.98 Å². The first-order valence-corrected chi connectivity index (χ1v) is 8.76. The lowest BCUT2D eigenvalue weighted by molar-refractivity contribution is -0.124. The molecule has 1 aromatic rings. The molecule has 23 heavy (non-hydrogen) atoms. The second-order valence-corrected chi connectivity index (χ2v) is 8.45. The van der Waals surface area contributed by atoms with Crippen LogP contribution in [0.1, 0.15) is 78.1 Å². The Morgan fingerprint density at radius 2 is 2.09 bits per heavy atom. The molecule has 1 N–H and O–H groups in total. The summed E-state index contributed by atoms with van der Waals surface area (Å²) in [5, 5.41) is 6.93. The van der Waals surface area contributed by atoms with Crippen LogP contribution in [0.3, 0.4) is 0 Å². The van der Waals surface area contributed by atoms with Crippen LogP contribution < -0.4 is 5.32 Å². The monoisotopic (exact) mass is 321 g/mol. The average molecular weight is 321 g/mol. The second kappa shape index (κ2) is 7.02. The SMILES string of the molecule is Cc1noc([C@H](NC(=O)C[C@H]2C[C@@H](C)CC(C)(C)C2)C(C)C)n1. The minimum atomic E-state index is -0.210. The number of nitrogens with one attached hydrogen (secondary N) is 1. The molecule has 0 spiro atoms. The fourth-order valence-electron chi connectivity index (χ4n) is 4.15. The van der Waals surface area contributed by atoms with Crippen molar-refractivity contribution in [2.45, 2.75) is 73.3 Å². The van der Waals surface area contributed by atoms with Gasteiger partial charge in [-0.15, -0.1) is 0 Å². The number of hydrogen-bond acceptors (Lipinski definition) is 4. The molecule has 0 radical (unpaired) electrons. The zero-order valence-corrected chi connectivity index (χ0v) is 15.3. The van der Waals surface area contributed by atoms with Crippen LogP contribution in [0.25, 0.3) is 0 Å². The predicted molar refractivity (Wildman–Crippen MR) is 89.7 cm³/mol. The predicted octanol–water partition coefficient (Wildman–Crippen LogP) is 4.04. The summed E-state index contributed by atoms with van der Waals surface area (Å²) in [6.45, 7) is 12.8. The summed E-state index contributed by atoms with van der Waals surface area (Å²) in [7, 11) is 0. The molecule has 1 saturated carbocycles. The molecule has 0 aromatic carbocycles. The Hall–Kier alpha value is -1.39. The topological polar surface area (TPSA) is 68.0 Å². The molecule has 0 saturated heterocycles. The molecule has 1 aliphatic carbocycles. The molecule has 1 amide bonds. The molecule has 1 aliphatic rings. The Morgan fingerprint density at radius 1 is 1.39 bits per heavy atom. The van der Waals surface area contributed by atoms with Gasteiger partial charge in [0.15, 0.2) is 5.82 Å². The molecular formula is C18H31N3O2. The summed E-state index contributed by atoms with van der Waals surface area (Å²) in [5.41, 5.74) is 0.337. The largest absolute Gasteiger partial charge is 0.344 e. The Bertz CT molecular complexity index is 536. The van der Waals surface area contributed by atoms with Gasteiger partial charge in [0.2, 0.25) is 11.8 Å². The molecule has 1 fully saturated rings. The number of amides is 1. The standard InChI is InChI=1S/C18H31N3O2/c1-11(2)16(17-19-13(4)21-23-17)20-15(22)8-14-7-12(3)9-18(5,6)10-14/h11-12,14,16H,7-10H2,1-6H3,(H,20,22)/t12-,14-,16-/m1/s1. The number of carbonyl (C=O) groups is 1. The lowest BCUT2D eigenvalue weighted by Gasteiger charge is -2.39.